The zero-order valence-electron chi connectivity index (χ0n) is 11.8. The molecule has 3 nitrogen and oxygen atoms in total. The molecule has 0 aromatic heterocycles. The molecular formula is C13H23F2NO2. The topological polar surface area (TPSA) is 29.5 Å². The average Bonchev–Trinajstić information content (AvgIpc) is 2.12. The molecule has 0 spiro atoms. The molecule has 106 valence electrons. The highest BCUT2D eigenvalue weighted by Gasteiger charge is 2.43. The fourth-order valence-corrected chi connectivity index (χ4v) is 2.05. The lowest BCUT2D eigenvalue weighted by atomic mass is 9.86. The van der Waals surface area contributed by atoms with Crippen molar-refractivity contribution >= 4 is 6.09 Å². The Kier molecular flexibility index (Phi) is 4.23. The number of alkyl halides is 2. The van der Waals surface area contributed by atoms with E-state index < -0.39 is 24.2 Å². The van der Waals surface area contributed by atoms with E-state index in [0.717, 1.165) is 4.90 Å². The first-order valence-electron chi connectivity index (χ1n) is 6.36. The van der Waals surface area contributed by atoms with Crippen LogP contribution in [0.4, 0.5) is 13.6 Å². The van der Waals surface area contributed by atoms with Gasteiger partial charge in [-0.2, -0.15) is 0 Å². The minimum Gasteiger partial charge on any atom is -0.444 e. The molecule has 1 fully saturated rings. The van der Waals surface area contributed by atoms with E-state index >= 15 is 0 Å². The van der Waals surface area contributed by atoms with Crippen LogP contribution in [0.15, 0.2) is 0 Å². The second-order valence-electron chi connectivity index (χ2n) is 6.43. The van der Waals surface area contributed by atoms with E-state index in [4.69, 9.17) is 4.74 Å². The quantitative estimate of drug-likeness (QED) is 0.724. The number of rotatable bonds is 1. The van der Waals surface area contributed by atoms with Crippen LogP contribution in [0.5, 0.6) is 0 Å². The molecule has 1 aliphatic rings. The first-order valence-corrected chi connectivity index (χ1v) is 6.36. The van der Waals surface area contributed by atoms with Gasteiger partial charge in [0.25, 0.3) is 5.92 Å². The third kappa shape index (κ3) is 4.42. The molecule has 18 heavy (non-hydrogen) atoms. The predicted octanol–water partition coefficient (Wildman–Crippen LogP) is 3.53. The zero-order chi connectivity index (χ0) is 14.1. The van der Waals surface area contributed by atoms with E-state index in [9.17, 15) is 13.6 Å². The van der Waals surface area contributed by atoms with Crippen LogP contribution < -0.4 is 0 Å². The van der Waals surface area contributed by atoms with Gasteiger partial charge in [0.2, 0.25) is 0 Å². The number of carbonyl (C=O) groups excluding carboxylic acids is 1. The Hall–Kier alpha value is -0.870. The van der Waals surface area contributed by atoms with Crippen molar-refractivity contribution in [3.63, 3.8) is 0 Å². The number of amides is 1. The van der Waals surface area contributed by atoms with Crippen LogP contribution >= 0.6 is 0 Å². The van der Waals surface area contributed by atoms with Crippen molar-refractivity contribution in [2.45, 2.75) is 52.6 Å². The molecule has 1 atom stereocenters. The fourth-order valence-electron chi connectivity index (χ4n) is 2.05. The number of ether oxygens (including phenoxy) is 1. The SMILES string of the molecule is CC(C)C1CN(C(=O)OC(C)(C)C)CC(F)(F)C1. The summed E-state index contributed by atoms with van der Waals surface area (Å²) in [7, 11) is 0. The van der Waals surface area contributed by atoms with Crippen LogP contribution in [0.3, 0.4) is 0 Å². The third-order valence-electron chi connectivity index (χ3n) is 3.03. The lowest BCUT2D eigenvalue weighted by Crippen LogP contribution is -2.51. The highest BCUT2D eigenvalue weighted by Crippen LogP contribution is 2.34. The van der Waals surface area contributed by atoms with Gasteiger partial charge >= 0.3 is 6.09 Å². The maximum Gasteiger partial charge on any atom is 0.410 e. The Morgan fingerprint density at radius 2 is 1.94 bits per heavy atom. The molecule has 0 bridgehead atoms. The summed E-state index contributed by atoms with van der Waals surface area (Å²) in [5.41, 5.74) is -0.656. The summed E-state index contributed by atoms with van der Waals surface area (Å²) >= 11 is 0. The fraction of sp³-hybridized carbons (Fsp3) is 0.923. The van der Waals surface area contributed by atoms with Gasteiger partial charge < -0.3 is 9.64 Å². The Bertz CT molecular complexity index is 311. The highest BCUT2D eigenvalue weighted by molar-refractivity contribution is 5.68. The molecule has 1 unspecified atom stereocenters. The molecule has 1 saturated heterocycles. The van der Waals surface area contributed by atoms with Crippen LogP contribution in [0.1, 0.15) is 41.0 Å². The van der Waals surface area contributed by atoms with Gasteiger partial charge in [0.05, 0.1) is 6.54 Å². The Labute approximate surface area is 107 Å². The molecule has 0 aromatic rings. The van der Waals surface area contributed by atoms with Gasteiger partial charge in [-0.3, -0.25) is 0 Å². The van der Waals surface area contributed by atoms with Gasteiger partial charge in [0, 0.05) is 13.0 Å². The smallest absolute Gasteiger partial charge is 0.410 e. The molecule has 1 aliphatic heterocycles. The van der Waals surface area contributed by atoms with E-state index in [1.165, 1.54) is 0 Å². The van der Waals surface area contributed by atoms with Crippen molar-refractivity contribution < 1.29 is 18.3 Å². The summed E-state index contributed by atoms with van der Waals surface area (Å²) < 4.78 is 32.4. The number of hydrogen-bond donors (Lipinski definition) is 0. The third-order valence-corrected chi connectivity index (χ3v) is 3.03. The van der Waals surface area contributed by atoms with Crippen LogP contribution in [0.2, 0.25) is 0 Å². The van der Waals surface area contributed by atoms with Crippen LogP contribution in [-0.4, -0.2) is 35.6 Å². The maximum atomic E-state index is 13.6. The minimum atomic E-state index is -2.82. The molecule has 1 amide bonds. The van der Waals surface area contributed by atoms with E-state index in [-0.39, 0.29) is 18.3 Å². The largest absolute Gasteiger partial charge is 0.444 e. The van der Waals surface area contributed by atoms with Crippen LogP contribution in [0, 0.1) is 11.8 Å². The first kappa shape index (κ1) is 15.2. The predicted molar refractivity (Wildman–Crippen MR) is 65.7 cm³/mol. The van der Waals surface area contributed by atoms with E-state index in [1.54, 1.807) is 20.8 Å². The van der Waals surface area contributed by atoms with Gasteiger partial charge in [0.15, 0.2) is 0 Å². The first-order chi connectivity index (χ1) is 8.00. The van der Waals surface area contributed by atoms with Crippen LogP contribution in [0.25, 0.3) is 0 Å². The Morgan fingerprint density at radius 3 is 2.39 bits per heavy atom. The van der Waals surface area contributed by atoms with Crippen molar-refractivity contribution in [3.05, 3.63) is 0 Å². The lowest BCUT2D eigenvalue weighted by molar-refractivity contribution is -0.0929. The summed E-state index contributed by atoms with van der Waals surface area (Å²) in [4.78, 5) is 13.0. The Morgan fingerprint density at radius 1 is 1.39 bits per heavy atom. The van der Waals surface area contributed by atoms with Crippen molar-refractivity contribution in [2.75, 3.05) is 13.1 Å². The molecule has 1 heterocycles. The second-order valence-corrected chi connectivity index (χ2v) is 6.43. The van der Waals surface area contributed by atoms with Gasteiger partial charge in [-0.1, -0.05) is 13.8 Å². The number of nitrogens with zero attached hydrogens (tertiary/aromatic N) is 1. The second kappa shape index (κ2) is 5.02. The van der Waals surface area contributed by atoms with Gasteiger partial charge in [-0.25, -0.2) is 13.6 Å². The molecular weight excluding hydrogens is 240 g/mol. The molecule has 0 aliphatic carbocycles. The highest BCUT2D eigenvalue weighted by atomic mass is 19.3. The van der Waals surface area contributed by atoms with Crippen molar-refractivity contribution in [1.29, 1.82) is 0 Å². The number of likely N-dealkylation sites (tertiary alicyclic amines) is 1. The van der Waals surface area contributed by atoms with Crippen molar-refractivity contribution in [3.8, 4) is 0 Å². The van der Waals surface area contributed by atoms with Gasteiger partial charge in [0.1, 0.15) is 5.60 Å². The van der Waals surface area contributed by atoms with E-state index in [1.807, 2.05) is 13.8 Å². The monoisotopic (exact) mass is 263 g/mol. The van der Waals surface area contributed by atoms with Gasteiger partial charge in [-0.15, -0.1) is 0 Å². The van der Waals surface area contributed by atoms with Crippen molar-refractivity contribution in [1.82, 2.24) is 4.90 Å². The summed E-state index contributed by atoms with van der Waals surface area (Å²) in [5.74, 6) is -2.87. The van der Waals surface area contributed by atoms with E-state index in [0.29, 0.717) is 6.54 Å². The zero-order valence-corrected chi connectivity index (χ0v) is 11.8. The molecule has 0 N–H and O–H groups in total. The van der Waals surface area contributed by atoms with E-state index in [2.05, 4.69) is 0 Å². The summed E-state index contributed by atoms with van der Waals surface area (Å²) in [6.07, 6.45) is -0.795. The summed E-state index contributed by atoms with van der Waals surface area (Å²) in [6, 6.07) is 0. The number of carbonyl (C=O) groups is 1. The molecule has 1 rings (SSSR count). The molecule has 5 heteroatoms. The summed E-state index contributed by atoms with van der Waals surface area (Å²) in [6.45, 7) is 8.80. The van der Waals surface area contributed by atoms with Crippen molar-refractivity contribution in [2.24, 2.45) is 11.8 Å². The Balaban J connectivity index is 2.73. The lowest BCUT2D eigenvalue weighted by Gasteiger charge is -2.39. The standard InChI is InChI=1S/C13H23F2NO2/c1-9(2)10-6-13(14,15)8-16(7-10)11(17)18-12(3,4)5/h9-10H,6-8H2,1-5H3. The normalized spacial score (nSPS) is 24.2. The maximum absolute atomic E-state index is 13.6. The van der Waals surface area contributed by atoms with Gasteiger partial charge in [-0.05, 0) is 32.6 Å². The number of hydrogen-bond acceptors (Lipinski definition) is 2. The molecule has 0 radical (unpaired) electrons. The number of piperidine rings is 1. The minimum absolute atomic E-state index is 0.126. The molecule has 0 aromatic carbocycles. The number of halogens is 2. The average molecular weight is 263 g/mol. The summed E-state index contributed by atoms with van der Waals surface area (Å²) in [5, 5.41) is 0. The molecule has 0 saturated carbocycles. The van der Waals surface area contributed by atoms with Crippen LogP contribution in [-0.2, 0) is 4.74 Å².